The van der Waals surface area contributed by atoms with Crippen LogP contribution in [0.1, 0.15) is 11.3 Å². The third-order valence-corrected chi connectivity index (χ3v) is 5.17. The van der Waals surface area contributed by atoms with Crippen molar-refractivity contribution in [2.45, 2.75) is 12.7 Å². The van der Waals surface area contributed by atoms with E-state index in [-0.39, 0.29) is 17.5 Å². The number of nitrogens with zero attached hydrogens (tertiary/aromatic N) is 4. The molecule has 0 unspecified atom stereocenters. The normalized spacial score (nSPS) is 11.9. The summed E-state index contributed by atoms with van der Waals surface area (Å²) in [6.45, 7) is 0.427. The number of phenols is 1. The molecule has 0 saturated carbocycles. The number of anilines is 3. The van der Waals surface area contributed by atoms with Crippen LogP contribution in [-0.2, 0) is 12.7 Å². The summed E-state index contributed by atoms with van der Waals surface area (Å²) >= 11 is 0. The van der Waals surface area contributed by atoms with E-state index in [1.54, 1.807) is 30.3 Å². The zero-order valence-electron chi connectivity index (χ0n) is 21.1. The van der Waals surface area contributed by atoms with Gasteiger partial charge in [-0.15, -0.1) is 0 Å². The van der Waals surface area contributed by atoms with Gasteiger partial charge in [0, 0.05) is 29.5 Å². The van der Waals surface area contributed by atoms with Crippen LogP contribution in [0.2, 0.25) is 0 Å². The van der Waals surface area contributed by atoms with E-state index >= 15 is 0 Å². The van der Waals surface area contributed by atoms with Gasteiger partial charge in [-0.3, -0.25) is 0 Å². The van der Waals surface area contributed by atoms with E-state index in [1.807, 2.05) is 49.3 Å². The van der Waals surface area contributed by atoms with Crippen LogP contribution in [-0.4, -0.2) is 40.0 Å². The van der Waals surface area contributed by atoms with Crippen LogP contribution in [0.25, 0.3) is 0 Å². The molecule has 4 rings (SSSR count). The number of hydrogen-bond acceptors (Lipinski definition) is 7. The topological polar surface area (TPSA) is 121 Å². The molecular formula is C27H26F3N7O2. The summed E-state index contributed by atoms with van der Waals surface area (Å²) in [4.78, 5) is 13.4. The van der Waals surface area contributed by atoms with Gasteiger partial charge in [0.2, 0.25) is 5.96 Å². The van der Waals surface area contributed by atoms with Crippen molar-refractivity contribution < 1.29 is 23.0 Å². The zero-order chi connectivity index (χ0) is 28.0. The van der Waals surface area contributed by atoms with Gasteiger partial charge in [-0.2, -0.15) is 23.1 Å². The van der Waals surface area contributed by atoms with Crippen molar-refractivity contribution in [1.29, 1.82) is 0 Å². The van der Waals surface area contributed by atoms with Crippen LogP contribution >= 0.6 is 0 Å². The number of ether oxygens (including phenoxy) is 1. The number of aromatic hydroxyl groups is 1. The van der Waals surface area contributed by atoms with Crippen molar-refractivity contribution in [3.63, 3.8) is 0 Å². The summed E-state index contributed by atoms with van der Waals surface area (Å²) in [6.07, 6.45) is -4.74. The molecule has 1 heterocycles. The highest BCUT2D eigenvalue weighted by Gasteiger charge is 2.34. The van der Waals surface area contributed by atoms with Gasteiger partial charge in [-0.1, -0.05) is 18.2 Å². The standard InChI is InChI=1S/C27H26F3N7O2/c1-37(2)16-17-14-19(10-13-22(17)38)32-24-15-23(27(28,29)30)34-26(35-24)36-25(31)33-18-8-11-21(12-9-18)39-20-6-4-3-5-7-20/h3-15,38H,16H2,1-2H3,(H4,31,32,33,34,35,36). The minimum Gasteiger partial charge on any atom is -0.508 e. The van der Waals surface area contributed by atoms with Gasteiger partial charge in [-0.25, -0.2) is 4.98 Å². The molecule has 202 valence electrons. The molecule has 0 aliphatic rings. The summed E-state index contributed by atoms with van der Waals surface area (Å²) < 4.78 is 46.4. The Morgan fingerprint density at radius 3 is 2.28 bits per heavy atom. The summed E-state index contributed by atoms with van der Waals surface area (Å²) in [5, 5.41) is 15.7. The van der Waals surface area contributed by atoms with Crippen LogP contribution < -0.4 is 21.1 Å². The molecule has 12 heteroatoms. The van der Waals surface area contributed by atoms with E-state index in [4.69, 9.17) is 10.5 Å². The summed E-state index contributed by atoms with van der Waals surface area (Å²) in [5.41, 5.74) is 6.28. The zero-order valence-corrected chi connectivity index (χ0v) is 21.1. The second kappa shape index (κ2) is 11.7. The lowest BCUT2D eigenvalue weighted by Crippen LogP contribution is -2.22. The molecule has 0 aliphatic carbocycles. The van der Waals surface area contributed by atoms with Crippen LogP contribution in [0, 0.1) is 0 Å². The van der Waals surface area contributed by atoms with Gasteiger partial charge < -0.3 is 31.1 Å². The van der Waals surface area contributed by atoms with Crippen molar-refractivity contribution in [1.82, 2.24) is 14.9 Å². The molecule has 4 aromatic rings. The second-order valence-corrected chi connectivity index (χ2v) is 8.70. The van der Waals surface area contributed by atoms with Crippen molar-refractivity contribution in [3.05, 3.63) is 90.1 Å². The number of guanidine groups is 1. The van der Waals surface area contributed by atoms with Crippen LogP contribution in [0.4, 0.5) is 36.3 Å². The lowest BCUT2D eigenvalue weighted by molar-refractivity contribution is -0.141. The number of phenolic OH excluding ortho intramolecular Hbond substituents is 1. The minimum absolute atomic E-state index is 0.0664. The monoisotopic (exact) mass is 537 g/mol. The third-order valence-electron chi connectivity index (χ3n) is 5.17. The number of para-hydroxylation sites is 1. The first kappa shape index (κ1) is 27.2. The predicted octanol–water partition coefficient (Wildman–Crippen LogP) is 5.86. The lowest BCUT2D eigenvalue weighted by Gasteiger charge is -2.14. The highest BCUT2D eigenvalue weighted by molar-refractivity contribution is 5.93. The van der Waals surface area contributed by atoms with E-state index in [9.17, 15) is 18.3 Å². The van der Waals surface area contributed by atoms with Gasteiger partial charge in [0.1, 0.15) is 23.1 Å². The summed E-state index contributed by atoms with van der Waals surface area (Å²) in [6, 6.07) is 21.3. The summed E-state index contributed by atoms with van der Waals surface area (Å²) in [7, 11) is 3.66. The van der Waals surface area contributed by atoms with E-state index < -0.39 is 17.8 Å². The number of rotatable bonds is 8. The number of nitrogens with one attached hydrogen (secondary N) is 2. The van der Waals surface area contributed by atoms with E-state index in [0.717, 1.165) is 6.07 Å². The number of benzene rings is 3. The Hall–Kier alpha value is -4.84. The molecule has 0 atom stereocenters. The molecule has 0 saturated heterocycles. The molecule has 5 N–H and O–H groups in total. The fourth-order valence-corrected chi connectivity index (χ4v) is 3.49. The number of aromatic nitrogens is 2. The maximum atomic E-state index is 13.6. The smallest absolute Gasteiger partial charge is 0.433 e. The SMILES string of the molecule is CN(C)Cc1cc(Nc2cc(C(F)(F)F)nc(/N=C(\N)Nc3ccc(Oc4ccccc4)cc3)n2)ccc1O. The highest BCUT2D eigenvalue weighted by atomic mass is 19.4. The summed E-state index contributed by atoms with van der Waals surface area (Å²) in [5.74, 6) is 0.474. The third kappa shape index (κ3) is 7.82. The van der Waals surface area contributed by atoms with Gasteiger partial charge in [0.25, 0.3) is 5.95 Å². The van der Waals surface area contributed by atoms with Gasteiger partial charge in [0.05, 0.1) is 0 Å². The Bertz CT molecular complexity index is 1440. The number of halogens is 3. The maximum Gasteiger partial charge on any atom is 0.433 e. The van der Waals surface area contributed by atoms with E-state index in [1.165, 1.54) is 12.1 Å². The van der Waals surface area contributed by atoms with Crippen molar-refractivity contribution in [2.24, 2.45) is 10.7 Å². The quantitative estimate of drug-likeness (QED) is 0.125. The Balaban J connectivity index is 1.53. The average molecular weight is 538 g/mol. The van der Waals surface area contributed by atoms with Crippen LogP contribution in [0.3, 0.4) is 0 Å². The number of aliphatic imine (C=N–C) groups is 1. The average Bonchev–Trinajstić information content (AvgIpc) is 2.87. The van der Waals surface area contributed by atoms with E-state index in [2.05, 4.69) is 25.6 Å². The predicted molar refractivity (Wildman–Crippen MR) is 144 cm³/mol. The molecular weight excluding hydrogens is 511 g/mol. The Morgan fingerprint density at radius 2 is 1.62 bits per heavy atom. The first-order valence-corrected chi connectivity index (χ1v) is 11.7. The molecule has 0 spiro atoms. The molecule has 0 fully saturated rings. The molecule has 39 heavy (non-hydrogen) atoms. The highest BCUT2D eigenvalue weighted by Crippen LogP contribution is 2.32. The first-order chi connectivity index (χ1) is 18.5. The van der Waals surface area contributed by atoms with Gasteiger partial charge in [0.15, 0.2) is 5.69 Å². The molecule has 9 nitrogen and oxygen atoms in total. The Morgan fingerprint density at radius 1 is 0.949 bits per heavy atom. The molecule has 0 aliphatic heterocycles. The second-order valence-electron chi connectivity index (χ2n) is 8.70. The Labute approximate surface area is 222 Å². The van der Waals surface area contributed by atoms with Crippen LogP contribution in [0.5, 0.6) is 17.2 Å². The number of hydrogen-bond donors (Lipinski definition) is 4. The molecule has 3 aromatic carbocycles. The van der Waals surface area contributed by atoms with E-state index in [0.29, 0.717) is 35.0 Å². The lowest BCUT2D eigenvalue weighted by atomic mass is 10.1. The molecule has 0 amide bonds. The number of nitrogens with two attached hydrogens (primary N) is 1. The molecule has 0 radical (unpaired) electrons. The first-order valence-electron chi connectivity index (χ1n) is 11.7. The minimum atomic E-state index is -4.74. The number of alkyl halides is 3. The molecule has 1 aromatic heterocycles. The largest absolute Gasteiger partial charge is 0.508 e. The van der Waals surface area contributed by atoms with Crippen molar-refractivity contribution in [3.8, 4) is 17.2 Å². The van der Waals surface area contributed by atoms with Crippen molar-refractivity contribution in [2.75, 3.05) is 24.7 Å². The van der Waals surface area contributed by atoms with Gasteiger partial charge in [-0.05, 0) is 68.7 Å². The maximum absolute atomic E-state index is 13.6. The fraction of sp³-hybridized carbons (Fsp3) is 0.148. The van der Waals surface area contributed by atoms with Gasteiger partial charge >= 0.3 is 6.18 Å². The Kier molecular flexibility index (Phi) is 8.15. The van der Waals surface area contributed by atoms with Crippen molar-refractivity contribution >= 4 is 29.1 Å². The molecule has 0 bridgehead atoms. The fourth-order valence-electron chi connectivity index (χ4n) is 3.49. The van der Waals surface area contributed by atoms with Crippen LogP contribution in [0.15, 0.2) is 83.9 Å².